The van der Waals surface area contributed by atoms with Gasteiger partial charge in [0.2, 0.25) is 0 Å². The van der Waals surface area contributed by atoms with Gasteiger partial charge in [-0.05, 0) is 31.4 Å². The summed E-state index contributed by atoms with van der Waals surface area (Å²) in [6.07, 6.45) is 3.20. The van der Waals surface area contributed by atoms with Crippen LogP contribution in [0.2, 0.25) is 0 Å². The average Bonchev–Trinajstić information content (AvgIpc) is 2.71. The van der Waals surface area contributed by atoms with E-state index >= 15 is 0 Å². The molecule has 1 aromatic carbocycles. The van der Waals surface area contributed by atoms with Crippen molar-refractivity contribution in [1.29, 1.82) is 0 Å². The second-order valence-electron chi connectivity index (χ2n) is 5.74. The minimum absolute atomic E-state index is 0.108. The Balaban J connectivity index is 1.87. The minimum atomic E-state index is 0.108. The number of benzene rings is 1. The van der Waals surface area contributed by atoms with E-state index in [1.165, 1.54) is 18.4 Å². The molecule has 0 amide bonds. The summed E-state index contributed by atoms with van der Waals surface area (Å²) in [6, 6.07) is 8.79. The van der Waals surface area contributed by atoms with E-state index in [9.17, 15) is 0 Å². The fraction of sp³-hybridized carbons (Fsp3) is 0.600. The summed E-state index contributed by atoms with van der Waals surface area (Å²) in [5.74, 6) is 0. The maximum absolute atomic E-state index is 6.28. The van der Waals surface area contributed by atoms with Gasteiger partial charge in [0, 0.05) is 23.6 Å². The van der Waals surface area contributed by atoms with Gasteiger partial charge in [-0.15, -0.1) is 0 Å². The quantitative estimate of drug-likeness (QED) is 0.929. The van der Waals surface area contributed by atoms with Crippen LogP contribution in [0.15, 0.2) is 28.7 Å². The van der Waals surface area contributed by atoms with E-state index in [0.29, 0.717) is 12.2 Å². The zero-order chi connectivity index (χ0) is 13.4. The molecule has 0 aliphatic carbocycles. The van der Waals surface area contributed by atoms with Crippen molar-refractivity contribution in [2.75, 3.05) is 13.1 Å². The van der Waals surface area contributed by atoms with Crippen molar-refractivity contribution >= 4 is 15.9 Å². The van der Waals surface area contributed by atoms with Crippen LogP contribution >= 0.6 is 15.9 Å². The third-order valence-electron chi connectivity index (χ3n) is 4.19. The first-order valence-corrected chi connectivity index (χ1v) is 7.84. The Labute approximate surface area is 123 Å². The van der Waals surface area contributed by atoms with Crippen LogP contribution in [-0.4, -0.2) is 36.2 Å². The number of morpholine rings is 1. The first-order chi connectivity index (χ1) is 9.15. The van der Waals surface area contributed by atoms with Gasteiger partial charge in [-0.2, -0.15) is 0 Å². The molecule has 4 heteroatoms. The smallest absolute Gasteiger partial charge is 0.0707 e. The number of nitrogens with two attached hydrogens (primary N) is 1. The van der Waals surface area contributed by atoms with Gasteiger partial charge in [0.25, 0.3) is 0 Å². The number of halogens is 1. The maximum atomic E-state index is 6.28. The lowest BCUT2D eigenvalue weighted by atomic mass is 9.98. The molecule has 2 saturated heterocycles. The van der Waals surface area contributed by atoms with E-state index in [0.717, 1.165) is 17.6 Å². The van der Waals surface area contributed by atoms with Gasteiger partial charge in [-0.25, -0.2) is 0 Å². The van der Waals surface area contributed by atoms with Crippen molar-refractivity contribution in [2.45, 2.75) is 44.1 Å². The largest absolute Gasteiger partial charge is 0.372 e. The molecule has 1 aromatic rings. The molecule has 19 heavy (non-hydrogen) atoms. The fourth-order valence-corrected chi connectivity index (χ4v) is 3.92. The molecule has 2 aliphatic heterocycles. The lowest BCUT2D eigenvalue weighted by Gasteiger charge is -2.40. The number of likely N-dealkylation sites (tertiary alicyclic amines) is 1. The van der Waals surface area contributed by atoms with Gasteiger partial charge < -0.3 is 10.5 Å². The van der Waals surface area contributed by atoms with Crippen LogP contribution in [-0.2, 0) is 4.74 Å². The van der Waals surface area contributed by atoms with Crippen LogP contribution in [0.3, 0.4) is 0 Å². The highest BCUT2D eigenvalue weighted by molar-refractivity contribution is 9.10. The Kier molecular flexibility index (Phi) is 3.94. The summed E-state index contributed by atoms with van der Waals surface area (Å²) in [6.45, 7) is 4.11. The Hall–Kier alpha value is -0.420. The zero-order valence-corrected chi connectivity index (χ0v) is 12.8. The Morgan fingerprint density at radius 2 is 1.89 bits per heavy atom. The second-order valence-corrected chi connectivity index (χ2v) is 6.59. The molecule has 104 valence electrons. The predicted molar refractivity (Wildman–Crippen MR) is 80.0 cm³/mol. The number of fused-ring (bicyclic) bond motifs is 2. The number of hydrogen-bond acceptors (Lipinski definition) is 3. The third kappa shape index (κ3) is 2.72. The first kappa shape index (κ1) is 13.6. The SMILES string of the molecule is CC(N)C(c1ccccc1Br)N1CC2CCC(C1)O2. The highest BCUT2D eigenvalue weighted by Crippen LogP contribution is 2.35. The van der Waals surface area contributed by atoms with Gasteiger partial charge in [-0.3, -0.25) is 4.90 Å². The summed E-state index contributed by atoms with van der Waals surface area (Å²) in [5, 5.41) is 0. The molecule has 0 radical (unpaired) electrons. The topological polar surface area (TPSA) is 38.5 Å². The summed E-state index contributed by atoms with van der Waals surface area (Å²) in [5.41, 5.74) is 7.57. The molecular weight excluding hydrogens is 304 g/mol. The van der Waals surface area contributed by atoms with E-state index < -0.39 is 0 Å². The Morgan fingerprint density at radius 1 is 1.26 bits per heavy atom. The molecule has 2 aliphatic rings. The van der Waals surface area contributed by atoms with Crippen LogP contribution < -0.4 is 5.73 Å². The van der Waals surface area contributed by atoms with Crippen LogP contribution in [0.5, 0.6) is 0 Å². The number of rotatable bonds is 3. The molecular formula is C15H21BrN2O. The molecule has 2 heterocycles. The zero-order valence-electron chi connectivity index (χ0n) is 11.3. The van der Waals surface area contributed by atoms with E-state index in [-0.39, 0.29) is 12.1 Å². The molecule has 2 N–H and O–H groups in total. The normalized spacial score (nSPS) is 30.3. The van der Waals surface area contributed by atoms with Crippen molar-refractivity contribution in [3.05, 3.63) is 34.3 Å². The standard InChI is InChI=1S/C15H21BrN2O/c1-10(17)15(13-4-2-3-5-14(13)16)18-8-11-6-7-12(9-18)19-11/h2-5,10-12,15H,6-9,17H2,1H3. The van der Waals surface area contributed by atoms with Crippen molar-refractivity contribution in [1.82, 2.24) is 4.90 Å². The summed E-state index contributed by atoms with van der Waals surface area (Å²) in [7, 11) is 0. The van der Waals surface area contributed by atoms with Gasteiger partial charge >= 0.3 is 0 Å². The first-order valence-electron chi connectivity index (χ1n) is 7.04. The summed E-state index contributed by atoms with van der Waals surface area (Å²) >= 11 is 3.66. The molecule has 0 saturated carbocycles. The number of ether oxygens (including phenoxy) is 1. The maximum Gasteiger partial charge on any atom is 0.0707 e. The Morgan fingerprint density at radius 3 is 2.47 bits per heavy atom. The van der Waals surface area contributed by atoms with E-state index in [2.05, 4.69) is 52.0 Å². The van der Waals surface area contributed by atoms with Gasteiger partial charge in [0.15, 0.2) is 0 Å². The Bertz CT molecular complexity index is 440. The third-order valence-corrected chi connectivity index (χ3v) is 4.91. The average molecular weight is 325 g/mol. The molecule has 3 rings (SSSR count). The van der Waals surface area contributed by atoms with Crippen molar-refractivity contribution in [3.63, 3.8) is 0 Å². The fourth-order valence-electron chi connectivity index (χ4n) is 3.40. The number of nitrogens with zero attached hydrogens (tertiary/aromatic N) is 1. The van der Waals surface area contributed by atoms with Crippen molar-refractivity contribution in [3.8, 4) is 0 Å². The summed E-state index contributed by atoms with van der Waals surface area (Å²) < 4.78 is 7.08. The highest BCUT2D eigenvalue weighted by Gasteiger charge is 2.38. The predicted octanol–water partition coefficient (Wildman–Crippen LogP) is 2.70. The lowest BCUT2D eigenvalue weighted by molar-refractivity contribution is -0.0560. The van der Waals surface area contributed by atoms with Crippen LogP contribution in [0, 0.1) is 0 Å². The van der Waals surface area contributed by atoms with E-state index in [1.807, 2.05) is 0 Å². The van der Waals surface area contributed by atoms with Crippen molar-refractivity contribution < 1.29 is 4.74 Å². The van der Waals surface area contributed by atoms with Crippen LogP contribution in [0.1, 0.15) is 31.4 Å². The van der Waals surface area contributed by atoms with Gasteiger partial charge in [0.1, 0.15) is 0 Å². The molecule has 0 spiro atoms. The molecule has 2 fully saturated rings. The number of hydrogen-bond donors (Lipinski definition) is 1. The molecule has 4 unspecified atom stereocenters. The molecule has 0 aromatic heterocycles. The van der Waals surface area contributed by atoms with Gasteiger partial charge in [0.05, 0.1) is 18.2 Å². The van der Waals surface area contributed by atoms with E-state index in [4.69, 9.17) is 10.5 Å². The van der Waals surface area contributed by atoms with Crippen LogP contribution in [0.4, 0.5) is 0 Å². The molecule has 3 nitrogen and oxygen atoms in total. The second kappa shape index (κ2) is 5.52. The highest BCUT2D eigenvalue weighted by atomic mass is 79.9. The van der Waals surface area contributed by atoms with Crippen molar-refractivity contribution in [2.24, 2.45) is 5.73 Å². The van der Waals surface area contributed by atoms with Crippen LogP contribution in [0.25, 0.3) is 0 Å². The lowest BCUT2D eigenvalue weighted by Crippen LogP contribution is -2.49. The van der Waals surface area contributed by atoms with E-state index in [1.54, 1.807) is 0 Å². The monoisotopic (exact) mass is 324 g/mol. The summed E-state index contributed by atoms with van der Waals surface area (Å²) in [4.78, 5) is 2.51. The minimum Gasteiger partial charge on any atom is -0.372 e. The molecule has 2 bridgehead atoms. The van der Waals surface area contributed by atoms with Gasteiger partial charge in [-0.1, -0.05) is 34.1 Å². The molecule has 4 atom stereocenters.